The van der Waals surface area contributed by atoms with Crippen molar-refractivity contribution < 1.29 is 14.3 Å². The zero-order valence-corrected chi connectivity index (χ0v) is 12.2. The molecule has 2 rings (SSSR count). The molecule has 0 aliphatic heterocycles. The first-order chi connectivity index (χ1) is 10.2. The fourth-order valence-electron chi connectivity index (χ4n) is 2.10. The van der Waals surface area contributed by atoms with Crippen LogP contribution in [0.4, 0.5) is 0 Å². The molecule has 0 unspecified atom stereocenters. The maximum atomic E-state index is 11.9. The summed E-state index contributed by atoms with van der Waals surface area (Å²) in [5, 5.41) is 9.68. The summed E-state index contributed by atoms with van der Waals surface area (Å²) in [6.07, 6.45) is 5.68. The minimum Gasteiger partial charge on any atom is -0.501 e. The summed E-state index contributed by atoms with van der Waals surface area (Å²) in [7, 11) is 0. The number of fused-ring (bicyclic) bond motifs is 1. The van der Waals surface area contributed by atoms with Crippen LogP contribution in [-0.2, 0) is 11.2 Å². The highest BCUT2D eigenvalue weighted by atomic mass is 16.5. The van der Waals surface area contributed by atoms with Crippen molar-refractivity contribution in [1.82, 2.24) is 0 Å². The Bertz CT molecular complexity index is 670. The molecular weight excluding hydrogens is 268 g/mol. The number of hydrogen-bond acceptors (Lipinski definition) is 4. The van der Waals surface area contributed by atoms with E-state index in [9.17, 15) is 4.79 Å². The highest BCUT2D eigenvalue weighted by Crippen LogP contribution is 2.17. The Morgan fingerprint density at radius 3 is 2.90 bits per heavy atom. The molecule has 0 atom stereocenters. The van der Waals surface area contributed by atoms with Crippen molar-refractivity contribution in [3.05, 3.63) is 52.1 Å². The van der Waals surface area contributed by atoms with E-state index in [0.29, 0.717) is 17.8 Å². The summed E-state index contributed by atoms with van der Waals surface area (Å²) in [5.41, 5.74) is 1.81. The van der Waals surface area contributed by atoms with E-state index in [1.807, 2.05) is 25.1 Å². The van der Waals surface area contributed by atoms with Crippen LogP contribution in [0.5, 0.6) is 0 Å². The Hall–Kier alpha value is -2.07. The Kier molecular flexibility index (Phi) is 5.58. The van der Waals surface area contributed by atoms with E-state index < -0.39 is 0 Å². The molecule has 0 aliphatic carbocycles. The third-order valence-corrected chi connectivity index (χ3v) is 3.21. The van der Waals surface area contributed by atoms with Crippen LogP contribution in [0.1, 0.15) is 30.9 Å². The van der Waals surface area contributed by atoms with Gasteiger partial charge < -0.3 is 14.3 Å². The van der Waals surface area contributed by atoms with Gasteiger partial charge in [-0.2, -0.15) is 0 Å². The quantitative estimate of drug-likeness (QED) is 0.483. The van der Waals surface area contributed by atoms with E-state index in [-0.39, 0.29) is 12.2 Å². The van der Waals surface area contributed by atoms with E-state index in [1.165, 1.54) is 6.26 Å². The van der Waals surface area contributed by atoms with Gasteiger partial charge in [-0.05, 0) is 50.0 Å². The first kappa shape index (κ1) is 15.3. The fraction of sp³-hybridized carbons (Fsp3) is 0.353. The molecule has 1 N–H and O–H groups in total. The molecule has 0 fully saturated rings. The van der Waals surface area contributed by atoms with Gasteiger partial charge in [0.2, 0.25) is 0 Å². The second kappa shape index (κ2) is 7.64. The maximum absolute atomic E-state index is 11.9. The molecule has 0 saturated heterocycles. The normalized spacial score (nSPS) is 11.3. The third kappa shape index (κ3) is 4.20. The molecule has 0 saturated carbocycles. The van der Waals surface area contributed by atoms with Gasteiger partial charge in [0.15, 0.2) is 0 Å². The van der Waals surface area contributed by atoms with Crippen molar-refractivity contribution in [2.75, 3.05) is 13.2 Å². The number of aryl methyl sites for hydroxylation is 1. The number of rotatable bonds is 7. The topological polar surface area (TPSA) is 59.7 Å². The van der Waals surface area contributed by atoms with Crippen molar-refractivity contribution in [3.8, 4) is 0 Å². The SMILES string of the molecule is CCOC=Cc1cc2ccc(CCCCO)cc2oc1=O. The van der Waals surface area contributed by atoms with Crippen LogP contribution in [-0.4, -0.2) is 18.3 Å². The molecule has 1 aromatic heterocycles. The molecule has 112 valence electrons. The Labute approximate surface area is 123 Å². The van der Waals surface area contributed by atoms with Gasteiger partial charge in [-0.1, -0.05) is 12.1 Å². The highest BCUT2D eigenvalue weighted by Gasteiger charge is 2.04. The molecular formula is C17H20O4. The Morgan fingerprint density at radius 2 is 2.14 bits per heavy atom. The number of unbranched alkanes of at least 4 members (excludes halogenated alkanes) is 1. The smallest absolute Gasteiger partial charge is 0.343 e. The molecule has 1 heterocycles. The average molecular weight is 288 g/mol. The van der Waals surface area contributed by atoms with Gasteiger partial charge in [0, 0.05) is 12.0 Å². The lowest BCUT2D eigenvalue weighted by atomic mass is 10.1. The van der Waals surface area contributed by atoms with Crippen LogP contribution in [0, 0.1) is 0 Å². The van der Waals surface area contributed by atoms with Crippen LogP contribution < -0.4 is 5.63 Å². The van der Waals surface area contributed by atoms with E-state index in [1.54, 1.807) is 12.1 Å². The summed E-state index contributed by atoms with van der Waals surface area (Å²) in [5.74, 6) is 0. The molecule has 4 nitrogen and oxygen atoms in total. The van der Waals surface area contributed by atoms with E-state index >= 15 is 0 Å². The van der Waals surface area contributed by atoms with Crippen molar-refractivity contribution in [2.45, 2.75) is 26.2 Å². The first-order valence-electron chi connectivity index (χ1n) is 7.20. The van der Waals surface area contributed by atoms with Gasteiger partial charge in [0.25, 0.3) is 0 Å². The first-order valence-corrected chi connectivity index (χ1v) is 7.20. The molecule has 0 radical (unpaired) electrons. The van der Waals surface area contributed by atoms with E-state index in [4.69, 9.17) is 14.3 Å². The third-order valence-electron chi connectivity index (χ3n) is 3.21. The van der Waals surface area contributed by atoms with Crippen molar-refractivity contribution in [1.29, 1.82) is 0 Å². The number of ether oxygens (including phenoxy) is 1. The lowest BCUT2D eigenvalue weighted by Gasteiger charge is -2.03. The summed E-state index contributed by atoms with van der Waals surface area (Å²) in [6.45, 7) is 2.65. The van der Waals surface area contributed by atoms with Crippen LogP contribution in [0.2, 0.25) is 0 Å². The lowest BCUT2D eigenvalue weighted by molar-refractivity contribution is 0.272. The standard InChI is InChI=1S/C17H20O4/c1-2-20-10-8-15-12-14-7-6-13(5-3-4-9-18)11-16(14)21-17(15)19/h6-8,10-12,18H,2-5,9H2,1H3. The second-order valence-electron chi connectivity index (χ2n) is 4.80. The average Bonchev–Trinajstić information content (AvgIpc) is 2.48. The molecule has 2 aromatic rings. The van der Waals surface area contributed by atoms with Gasteiger partial charge >= 0.3 is 5.63 Å². The van der Waals surface area contributed by atoms with Crippen LogP contribution >= 0.6 is 0 Å². The zero-order valence-electron chi connectivity index (χ0n) is 12.2. The monoisotopic (exact) mass is 288 g/mol. The Balaban J connectivity index is 2.25. The van der Waals surface area contributed by atoms with E-state index in [0.717, 1.165) is 30.2 Å². The summed E-state index contributed by atoms with van der Waals surface area (Å²) >= 11 is 0. The lowest BCUT2D eigenvalue weighted by Crippen LogP contribution is -2.02. The van der Waals surface area contributed by atoms with Crippen LogP contribution in [0.25, 0.3) is 17.0 Å². The summed E-state index contributed by atoms with van der Waals surface area (Å²) < 4.78 is 10.5. The molecule has 21 heavy (non-hydrogen) atoms. The molecule has 0 aliphatic rings. The highest BCUT2D eigenvalue weighted by molar-refractivity contribution is 5.79. The predicted molar refractivity (Wildman–Crippen MR) is 83.2 cm³/mol. The summed E-state index contributed by atoms with van der Waals surface area (Å²) in [4.78, 5) is 11.9. The van der Waals surface area contributed by atoms with E-state index in [2.05, 4.69) is 0 Å². The fourth-order valence-corrected chi connectivity index (χ4v) is 2.10. The van der Waals surface area contributed by atoms with Gasteiger partial charge in [-0.3, -0.25) is 0 Å². The van der Waals surface area contributed by atoms with Crippen LogP contribution in [0.3, 0.4) is 0 Å². The largest absolute Gasteiger partial charge is 0.501 e. The number of aliphatic hydroxyl groups is 1. The Morgan fingerprint density at radius 1 is 1.29 bits per heavy atom. The number of benzene rings is 1. The number of aliphatic hydroxyl groups excluding tert-OH is 1. The maximum Gasteiger partial charge on any atom is 0.343 e. The molecule has 0 bridgehead atoms. The van der Waals surface area contributed by atoms with Crippen molar-refractivity contribution in [3.63, 3.8) is 0 Å². The van der Waals surface area contributed by atoms with Gasteiger partial charge in [-0.25, -0.2) is 4.79 Å². The molecule has 4 heteroatoms. The van der Waals surface area contributed by atoms with Crippen molar-refractivity contribution >= 4 is 17.0 Å². The minimum atomic E-state index is -0.369. The minimum absolute atomic E-state index is 0.207. The van der Waals surface area contributed by atoms with Crippen LogP contribution in [0.15, 0.2) is 39.7 Å². The molecule has 0 amide bonds. The molecule has 1 aromatic carbocycles. The van der Waals surface area contributed by atoms with Gasteiger partial charge in [0.05, 0.1) is 18.4 Å². The van der Waals surface area contributed by atoms with Gasteiger partial charge in [0.1, 0.15) is 5.58 Å². The van der Waals surface area contributed by atoms with Crippen molar-refractivity contribution in [2.24, 2.45) is 0 Å². The molecule has 0 spiro atoms. The second-order valence-corrected chi connectivity index (χ2v) is 4.80. The number of hydrogen-bond donors (Lipinski definition) is 1. The predicted octanol–water partition coefficient (Wildman–Crippen LogP) is 3.12. The van der Waals surface area contributed by atoms with Gasteiger partial charge in [-0.15, -0.1) is 0 Å². The summed E-state index contributed by atoms with van der Waals surface area (Å²) in [6, 6.07) is 7.67. The zero-order chi connectivity index (χ0) is 15.1.